The fourth-order valence-electron chi connectivity index (χ4n) is 2.89. The Labute approximate surface area is 108 Å². The first-order valence-electron chi connectivity index (χ1n) is 6.70. The number of hydrogen-bond donors (Lipinski definition) is 2. The van der Waals surface area contributed by atoms with Crippen molar-refractivity contribution in [1.82, 2.24) is 5.32 Å². The Kier molecular flexibility index (Phi) is 4.27. The smallest absolute Gasteiger partial charge is 0.223 e. The number of carbonyl (C=O) groups excluding carboxylic acids is 1. The lowest BCUT2D eigenvalue weighted by atomic mass is 9.85. The molecule has 1 aliphatic carbocycles. The van der Waals surface area contributed by atoms with Gasteiger partial charge in [0.1, 0.15) is 0 Å². The number of carbonyl (C=O) groups is 1. The normalized spacial score (nSPS) is 35.3. The number of nitrogens with two attached hydrogens (primary N) is 1. The van der Waals surface area contributed by atoms with Gasteiger partial charge < -0.3 is 11.1 Å². The molecular formula is C12H22N2O3S. The van der Waals surface area contributed by atoms with Crippen molar-refractivity contribution in [3.63, 3.8) is 0 Å². The fraction of sp³-hybridized carbons (Fsp3) is 0.917. The van der Waals surface area contributed by atoms with Gasteiger partial charge in [0.05, 0.1) is 11.5 Å². The lowest BCUT2D eigenvalue weighted by Gasteiger charge is -2.26. The van der Waals surface area contributed by atoms with Gasteiger partial charge in [-0.25, -0.2) is 8.42 Å². The highest BCUT2D eigenvalue weighted by molar-refractivity contribution is 7.91. The van der Waals surface area contributed by atoms with Crippen LogP contribution in [0.25, 0.3) is 0 Å². The van der Waals surface area contributed by atoms with Crippen molar-refractivity contribution in [3.8, 4) is 0 Å². The number of rotatable bonds is 3. The second kappa shape index (κ2) is 5.57. The first-order chi connectivity index (χ1) is 8.46. The highest BCUT2D eigenvalue weighted by Crippen LogP contribution is 2.23. The summed E-state index contributed by atoms with van der Waals surface area (Å²) in [4.78, 5) is 11.9. The molecule has 3 atom stereocenters. The lowest BCUT2D eigenvalue weighted by Crippen LogP contribution is -2.39. The first-order valence-corrected chi connectivity index (χ1v) is 8.52. The van der Waals surface area contributed by atoms with E-state index in [0.29, 0.717) is 13.0 Å². The van der Waals surface area contributed by atoms with Gasteiger partial charge in [-0.05, 0) is 31.6 Å². The minimum atomic E-state index is -2.85. The molecule has 2 aliphatic rings. The molecule has 0 radical (unpaired) electrons. The van der Waals surface area contributed by atoms with Gasteiger partial charge in [0, 0.05) is 18.5 Å². The summed E-state index contributed by atoms with van der Waals surface area (Å²) >= 11 is 0. The zero-order valence-corrected chi connectivity index (χ0v) is 11.4. The topological polar surface area (TPSA) is 89.3 Å². The number of amides is 1. The Morgan fingerprint density at radius 3 is 2.67 bits per heavy atom. The van der Waals surface area contributed by atoms with Crippen LogP contribution in [-0.2, 0) is 14.6 Å². The number of hydrogen-bond acceptors (Lipinski definition) is 4. The third-order valence-corrected chi connectivity index (χ3v) is 5.81. The van der Waals surface area contributed by atoms with Crippen LogP contribution in [0.15, 0.2) is 0 Å². The van der Waals surface area contributed by atoms with E-state index in [-0.39, 0.29) is 35.3 Å². The van der Waals surface area contributed by atoms with Gasteiger partial charge in [-0.2, -0.15) is 0 Å². The predicted octanol–water partition coefficient (Wildman–Crippen LogP) is 0.0548. The van der Waals surface area contributed by atoms with Crippen molar-refractivity contribution in [1.29, 1.82) is 0 Å². The van der Waals surface area contributed by atoms with Gasteiger partial charge in [-0.1, -0.05) is 6.42 Å². The quantitative estimate of drug-likeness (QED) is 0.761. The maximum atomic E-state index is 11.9. The maximum absolute atomic E-state index is 11.9. The van der Waals surface area contributed by atoms with Crippen molar-refractivity contribution < 1.29 is 13.2 Å². The van der Waals surface area contributed by atoms with E-state index in [1.54, 1.807) is 0 Å². The fourth-order valence-corrected chi connectivity index (χ4v) is 4.75. The molecular weight excluding hydrogens is 252 g/mol. The zero-order valence-electron chi connectivity index (χ0n) is 10.6. The third-order valence-electron chi connectivity index (χ3n) is 3.98. The molecule has 3 unspecified atom stereocenters. The molecule has 0 aromatic heterocycles. The average molecular weight is 274 g/mol. The van der Waals surface area contributed by atoms with E-state index in [0.717, 1.165) is 25.7 Å². The van der Waals surface area contributed by atoms with E-state index in [4.69, 9.17) is 5.73 Å². The van der Waals surface area contributed by atoms with Crippen molar-refractivity contribution in [2.24, 2.45) is 17.6 Å². The van der Waals surface area contributed by atoms with Crippen molar-refractivity contribution in [2.45, 2.75) is 38.1 Å². The van der Waals surface area contributed by atoms with E-state index in [1.165, 1.54) is 0 Å². The van der Waals surface area contributed by atoms with E-state index in [9.17, 15) is 13.2 Å². The largest absolute Gasteiger partial charge is 0.356 e. The summed E-state index contributed by atoms with van der Waals surface area (Å²) in [6.07, 6.45) is 4.35. The molecule has 2 rings (SSSR count). The monoisotopic (exact) mass is 274 g/mol. The predicted molar refractivity (Wildman–Crippen MR) is 69.7 cm³/mol. The SMILES string of the molecule is NC1CCCC(C(=O)NCC2CCS(=O)(=O)C2)C1. The number of sulfone groups is 1. The molecule has 6 heteroatoms. The van der Waals surface area contributed by atoms with Gasteiger partial charge in [0.15, 0.2) is 9.84 Å². The molecule has 0 aromatic rings. The Morgan fingerprint density at radius 2 is 2.06 bits per heavy atom. The molecule has 5 nitrogen and oxygen atoms in total. The Hall–Kier alpha value is -0.620. The zero-order chi connectivity index (χ0) is 13.2. The van der Waals surface area contributed by atoms with Crippen LogP contribution >= 0.6 is 0 Å². The molecule has 0 spiro atoms. The van der Waals surface area contributed by atoms with E-state index >= 15 is 0 Å². The van der Waals surface area contributed by atoms with Gasteiger partial charge >= 0.3 is 0 Å². The minimum Gasteiger partial charge on any atom is -0.356 e. The summed E-state index contributed by atoms with van der Waals surface area (Å²) in [6, 6.07) is 0.140. The van der Waals surface area contributed by atoms with Crippen molar-refractivity contribution in [3.05, 3.63) is 0 Å². The van der Waals surface area contributed by atoms with Crippen LogP contribution in [-0.4, -0.2) is 38.4 Å². The molecule has 18 heavy (non-hydrogen) atoms. The second-order valence-corrected chi connectivity index (χ2v) is 7.87. The second-order valence-electron chi connectivity index (χ2n) is 5.64. The Balaban J connectivity index is 1.75. The van der Waals surface area contributed by atoms with Crippen LogP contribution < -0.4 is 11.1 Å². The molecule has 0 aromatic carbocycles. The van der Waals surface area contributed by atoms with Crippen molar-refractivity contribution in [2.75, 3.05) is 18.1 Å². The first kappa shape index (κ1) is 13.8. The van der Waals surface area contributed by atoms with Crippen molar-refractivity contribution >= 4 is 15.7 Å². The van der Waals surface area contributed by atoms with E-state index in [2.05, 4.69) is 5.32 Å². The summed E-state index contributed by atoms with van der Waals surface area (Å²) < 4.78 is 22.6. The molecule has 1 aliphatic heterocycles. The maximum Gasteiger partial charge on any atom is 0.223 e. The van der Waals surface area contributed by atoms with Gasteiger partial charge in [-0.15, -0.1) is 0 Å². The van der Waals surface area contributed by atoms with Gasteiger partial charge in [0.2, 0.25) is 5.91 Å². The highest BCUT2D eigenvalue weighted by atomic mass is 32.2. The van der Waals surface area contributed by atoms with Crippen LogP contribution in [0.2, 0.25) is 0 Å². The highest BCUT2D eigenvalue weighted by Gasteiger charge is 2.29. The van der Waals surface area contributed by atoms with E-state index < -0.39 is 9.84 Å². The molecule has 2 fully saturated rings. The summed E-state index contributed by atoms with van der Waals surface area (Å²) in [5.41, 5.74) is 5.86. The van der Waals surface area contributed by atoms with Crippen LogP contribution in [0, 0.1) is 11.8 Å². The van der Waals surface area contributed by atoms with Crippen LogP contribution in [0.5, 0.6) is 0 Å². The van der Waals surface area contributed by atoms with Gasteiger partial charge in [0.25, 0.3) is 0 Å². The van der Waals surface area contributed by atoms with Gasteiger partial charge in [-0.3, -0.25) is 4.79 Å². The molecule has 0 bridgehead atoms. The molecule has 1 amide bonds. The van der Waals surface area contributed by atoms with Crippen LogP contribution in [0.4, 0.5) is 0 Å². The molecule has 1 heterocycles. The van der Waals surface area contributed by atoms with Crippen LogP contribution in [0.1, 0.15) is 32.1 Å². The molecule has 3 N–H and O–H groups in total. The standard InChI is InChI=1S/C12H22N2O3S/c13-11-3-1-2-10(6-11)12(15)14-7-9-4-5-18(16,17)8-9/h9-11H,1-8,13H2,(H,14,15). The summed E-state index contributed by atoms with van der Waals surface area (Å²) in [6.45, 7) is 0.490. The number of nitrogens with one attached hydrogen (secondary N) is 1. The summed E-state index contributed by atoms with van der Waals surface area (Å²) in [7, 11) is -2.85. The Morgan fingerprint density at radius 1 is 1.28 bits per heavy atom. The van der Waals surface area contributed by atoms with E-state index in [1.807, 2.05) is 0 Å². The summed E-state index contributed by atoms with van der Waals surface area (Å²) in [5.74, 6) is 0.650. The van der Waals surface area contributed by atoms with Crippen LogP contribution in [0.3, 0.4) is 0 Å². The summed E-state index contributed by atoms with van der Waals surface area (Å²) in [5, 5.41) is 2.89. The molecule has 1 saturated carbocycles. The molecule has 104 valence electrons. The lowest BCUT2D eigenvalue weighted by molar-refractivity contribution is -0.126. The Bertz CT molecular complexity index is 408. The minimum absolute atomic E-state index is 0.0201. The molecule has 1 saturated heterocycles. The third kappa shape index (κ3) is 3.68. The average Bonchev–Trinajstić information content (AvgIpc) is 2.66.